The smallest absolute Gasteiger partial charge is 0.255 e. The van der Waals surface area contributed by atoms with E-state index in [2.05, 4.69) is 68.8 Å². The fourth-order valence-corrected chi connectivity index (χ4v) is 9.32. The molecule has 0 bridgehead atoms. The number of aliphatic imine (C=N–C) groups is 1. The number of imide groups is 1. The van der Waals surface area contributed by atoms with Gasteiger partial charge in [-0.1, -0.05) is 48.0 Å². The minimum Gasteiger partial charge on any atom is -0.385 e. The predicted octanol–water partition coefficient (Wildman–Crippen LogP) is 6.94. The van der Waals surface area contributed by atoms with Gasteiger partial charge in [-0.25, -0.2) is 0 Å². The number of aromatic nitrogens is 3. The average Bonchev–Trinajstić information content (AvgIpc) is 3.81. The van der Waals surface area contributed by atoms with Crippen LogP contribution >= 0.6 is 22.9 Å². The van der Waals surface area contributed by atoms with Crippen LogP contribution in [0.15, 0.2) is 71.7 Å². The number of nitrogens with one attached hydrogen (secondary N) is 3. The first-order chi connectivity index (χ1) is 28.0. The van der Waals surface area contributed by atoms with Gasteiger partial charge < -0.3 is 15.5 Å². The van der Waals surface area contributed by atoms with E-state index in [1.165, 1.54) is 4.88 Å². The molecule has 3 N–H and O–H groups in total. The van der Waals surface area contributed by atoms with Gasteiger partial charge in [0.25, 0.3) is 5.91 Å². The quantitative estimate of drug-likeness (QED) is 0.0861. The van der Waals surface area contributed by atoms with Crippen LogP contribution in [-0.4, -0.2) is 68.1 Å². The maximum atomic E-state index is 13.3. The molecule has 5 aromatic rings. The third-order valence-electron chi connectivity index (χ3n) is 11.2. The number of hydrogen-bond donors (Lipinski definition) is 3. The van der Waals surface area contributed by atoms with Crippen molar-refractivity contribution in [3.8, 4) is 5.00 Å². The van der Waals surface area contributed by atoms with Gasteiger partial charge in [0.1, 0.15) is 22.9 Å². The first-order valence-electron chi connectivity index (χ1n) is 19.8. The van der Waals surface area contributed by atoms with Crippen LogP contribution < -0.4 is 16.0 Å². The number of rotatable bonds is 13. The van der Waals surface area contributed by atoms with Crippen LogP contribution in [0.3, 0.4) is 0 Å². The van der Waals surface area contributed by atoms with Gasteiger partial charge in [-0.15, -0.1) is 21.5 Å². The van der Waals surface area contributed by atoms with E-state index in [4.69, 9.17) is 16.6 Å². The van der Waals surface area contributed by atoms with E-state index in [9.17, 15) is 19.2 Å². The first kappa shape index (κ1) is 39.2. The second-order valence-electron chi connectivity index (χ2n) is 15.2. The summed E-state index contributed by atoms with van der Waals surface area (Å²) in [5.41, 5.74) is 8.78. The van der Waals surface area contributed by atoms with Crippen molar-refractivity contribution in [2.24, 2.45) is 4.99 Å². The second kappa shape index (κ2) is 16.7. The Morgan fingerprint density at radius 2 is 1.69 bits per heavy atom. The van der Waals surface area contributed by atoms with Gasteiger partial charge in [0, 0.05) is 58.3 Å². The number of carbonyl (C=O) groups excluding carboxylic acids is 4. The van der Waals surface area contributed by atoms with Crippen molar-refractivity contribution in [2.75, 3.05) is 18.4 Å². The highest BCUT2D eigenvalue weighted by atomic mass is 35.5. The summed E-state index contributed by atoms with van der Waals surface area (Å²) in [6.07, 6.45) is 4.25. The van der Waals surface area contributed by atoms with Gasteiger partial charge in [-0.3, -0.25) is 34.1 Å². The number of anilines is 1. The van der Waals surface area contributed by atoms with Crippen LogP contribution in [0.1, 0.15) is 105 Å². The molecular formula is C44H45ClN8O4S. The Morgan fingerprint density at radius 1 is 0.931 bits per heavy atom. The fourth-order valence-electron chi connectivity index (χ4n) is 7.98. The number of thiophene rings is 1. The summed E-state index contributed by atoms with van der Waals surface area (Å²) in [7, 11) is 0. The standard InChI is InChI=1S/C44H45ClN8O4S/c1-25-26(2)58-44-39(25)40(30-10-12-32(45)13-11-30)48-35(41-51-50-27(3)53(41)44)23-38(55)47-20-6-4-5-19-46-33-14-7-28(8-15-33)21-29-9-16-34-31(22-29)24-52(43(34)57)36-17-18-37(54)49-42(36)56/h7-16,22,35-36,46H,4-6,17-21,23-24H2,1-3H3,(H,47,55)(H,49,54,56). The van der Waals surface area contributed by atoms with Crippen molar-refractivity contribution in [3.05, 3.63) is 127 Å². The normalized spacial score (nSPS) is 17.3. The third kappa shape index (κ3) is 8.06. The maximum absolute atomic E-state index is 13.3. The van der Waals surface area contributed by atoms with Crippen LogP contribution in [0.25, 0.3) is 5.00 Å². The Labute approximate surface area is 346 Å². The number of halogens is 1. The van der Waals surface area contributed by atoms with Crippen LogP contribution in [0.2, 0.25) is 5.02 Å². The van der Waals surface area contributed by atoms with Crippen molar-refractivity contribution < 1.29 is 19.2 Å². The van der Waals surface area contributed by atoms with Crippen molar-refractivity contribution in [3.63, 3.8) is 0 Å². The molecule has 2 atom stereocenters. The molecule has 4 amide bonds. The zero-order chi connectivity index (χ0) is 40.5. The monoisotopic (exact) mass is 816 g/mol. The summed E-state index contributed by atoms with van der Waals surface area (Å²) in [4.78, 5) is 58.3. The van der Waals surface area contributed by atoms with Gasteiger partial charge in [0.2, 0.25) is 17.7 Å². The molecular weight excluding hydrogens is 772 g/mol. The molecule has 8 rings (SSSR count). The summed E-state index contributed by atoms with van der Waals surface area (Å²) < 4.78 is 2.06. The molecule has 0 aliphatic carbocycles. The predicted molar refractivity (Wildman–Crippen MR) is 225 cm³/mol. The van der Waals surface area contributed by atoms with E-state index in [0.29, 0.717) is 35.9 Å². The van der Waals surface area contributed by atoms with Crippen molar-refractivity contribution in [1.29, 1.82) is 0 Å². The third-order valence-corrected chi connectivity index (χ3v) is 12.6. The van der Waals surface area contributed by atoms with Gasteiger partial charge in [0.05, 0.1) is 12.1 Å². The minimum absolute atomic E-state index is 0.0737. The summed E-state index contributed by atoms with van der Waals surface area (Å²) in [6, 6.07) is 20.8. The number of benzene rings is 3. The van der Waals surface area contributed by atoms with E-state index in [1.807, 2.05) is 49.4 Å². The van der Waals surface area contributed by atoms with Crippen LogP contribution in [0, 0.1) is 20.8 Å². The van der Waals surface area contributed by atoms with Crippen LogP contribution in [-0.2, 0) is 27.3 Å². The molecule has 2 aromatic heterocycles. The average molecular weight is 817 g/mol. The van der Waals surface area contributed by atoms with Gasteiger partial charge in [0.15, 0.2) is 5.82 Å². The zero-order valence-electron chi connectivity index (χ0n) is 32.7. The molecule has 0 saturated carbocycles. The number of hydrogen-bond acceptors (Lipinski definition) is 9. The molecule has 12 nitrogen and oxygen atoms in total. The Kier molecular flexibility index (Phi) is 11.3. The minimum atomic E-state index is -0.616. The Bertz CT molecular complexity index is 2440. The molecule has 14 heteroatoms. The van der Waals surface area contributed by atoms with E-state index in [0.717, 1.165) is 87.8 Å². The molecule has 58 heavy (non-hydrogen) atoms. The molecule has 3 aliphatic heterocycles. The SMILES string of the molecule is Cc1sc2c(c1C)C(c1ccc(Cl)cc1)=NC(CC(=O)NCCCCCNc1ccc(Cc3ccc4c(c3)CN(C3CCC(=O)NC3=O)C4=O)cc1)c1nnc(C)n1-2. The molecule has 0 spiro atoms. The molecule has 3 aromatic carbocycles. The van der Waals surface area contributed by atoms with Crippen molar-refractivity contribution >= 4 is 58.0 Å². The summed E-state index contributed by atoms with van der Waals surface area (Å²) in [5, 5.41) is 19.5. The summed E-state index contributed by atoms with van der Waals surface area (Å²) in [5.74, 6) is 0.503. The number of aryl methyl sites for hydroxylation is 2. The van der Waals surface area contributed by atoms with E-state index < -0.39 is 18.0 Å². The first-order valence-corrected chi connectivity index (χ1v) is 21.0. The lowest BCUT2D eigenvalue weighted by molar-refractivity contribution is -0.137. The lowest BCUT2D eigenvalue weighted by Crippen LogP contribution is -2.52. The summed E-state index contributed by atoms with van der Waals surface area (Å²) in [6.45, 7) is 7.92. The molecule has 1 saturated heterocycles. The van der Waals surface area contributed by atoms with Crippen molar-refractivity contribution in [2.45, 2.75) is 84.3 Å². The number of fused-ring (bicyclic) bond motifs is 4. The Hall–Kier alpha value is -5.66. The second-order valence-corrected chi connectivity index (χ2v) is 16.9. The Balaban J connectivity index is 0.795. The van der Waals surface area contributed by atoms with E-state index in [1.54, 1.807) is 16.2 Å². The van der Waals surface area contributed by atoms with Gasteiger partial charge >= 0.3 is 0 Å². The topological polar surface area (TPSA) is 151 Å². The van der Waals surface area contributed by atoms with Gasteiger partial charge in [-0.2, -0.15) is 0 Å². The molecule has 2 unspecified atom stereocenters. The van der Waals surface area contributed by atoms with E-state index in [-0.39, 0.29) is 30.6 Å². The number of nitrogens with zero attached hydrogens (tertiary/aromatic N) is 5. The largest absolute Gasteiger partial charge is 0.385 e. The number of carbonyl (C=O) groups is 4. The van der Waals surface area contributed by atoms with E-state index >= 15 is 0 Å². The fraction of sp³-hybridized carbons (Fsp3) is 0.341. The van der Waals surface area contributed by atoms with Crippen LogP contribution in [0.4, 0.5) is 5.69 Å². The highest BCUT2D eigenvalue weighted by molar-refractivity contribution is 7.15. The molecule has 5 heterocycles. The molecule has 3 aliphatic rings. The number of unbranched alkanes of at least 4 members (excludes halogenated alkanes) is 2. The lowest BCUT2D eigenvalue weighted by atomic mass is 9.99. The maximum Gasteiger partial charge on any atom is 0.255 e. The van der Waals surface area contributed by atoms with Crippen LogP contribution in [0.5, 0.6) is 0 Å². The highest BCUT2D eigenvalue weighted by Crippen LogP contribution is 2.39. The number of amides is 4. The van der Waals surface area contributed by atoms with Crippen molar-refractivity contribution in [1.82, 2.24) is 30.3 Å². The Morgan fingerprint density at radius 3 is 2.47 bits per heavy atom. The summed E-state index contributed by atoms with van der Waals surface area (Å²) >= 11 is 7.93. The number of piperidine rings is 1. The zero-order valence-corrected chi connectivity index (χ0v) is 34.3. The highest BCUT2D eigenvalue weighted by Gasteiger charge is 2.39. The molecule has 298 valence electrons. The molecule has 0 radical (unpaired) electrons. The van der Waals surface area contributed by atoms with Gasteiger partial charge in [-0.05, 0) is 105 Å². The lowest BCUT2D eigenvalue weighted by Gasteiger charge is -2.29. The molecule has 1 fully saturated rings.